The Hall–Kier alpha value is -1.06. The molecule has 262 valence electrons. The number of hydrogen-bond donors (Lipinski definition) is 1. The summed E-state index contributed by atoms with van der Waals surface area (Å²) in [5.74, 6) is -0.653. The number of esters is 1. The van der Waals surface area contributed by atoms with E-state index in [9.17, 15) is 9.59 Å². The third-order valence-corrected chi connectivity index (χ3v) is 9.33. The number of carbonyl (C=O) groups is 2. The van der Waals surface area contributed by atoms with Gasteiger partial charge in [0.25, 0.3) is 0 Å². The summed E-state index contributed by atoms with van der Waals surface area (Å²) in [4.78, 5) is 23.1. The van der Waals surface area contributed by atoms with E-state index in [4.69, 9.17) is 9.84 Å². The first kappa shape index (κ1) is 42.9. The Kier molecular flexibility index (Phi) is 35.5. The summed E-state index contributed by atoms with van der Waals surface area (Å²) in [5, 5.41) is 8.71. The van der Waals surface area contributed by atoms with Crippen molar-refractivity contribution in [3.05, 3.63) is 0 Å². The molecule has 0 saturated carbocycles. The lowest BCUT2D eigenvalue weighted by atomic mass is 10.0. The predicted octanol–water partition coefficient (Wildman–Crippen LogP) is 13.7. The van der Waals surface area contributed by atoms with Gasteiger partial charge in [0.15, 0.2) is 0 Å². The summed E-state index contributed by atoms with van der Waals surface area (Å²) in [6.07, 6.45) is 43.0. The van der Waals surface area contributed by atoms with Crippen molar-refractivity contribution in [1.82, 2.24) is 0 Å². The van der Waals surface area contributed by atoms with Crippen LogP contribution in [0.4, 0.5) is 0 Å². The molecule has 0 bridgehead atoms. The third kappa shape index (κ3) is 35.4. The monoisotopic (exact) mass is 623 g/mol. The first-order valence-corrected chi connectivity index (χ1v) is 20.0. The molecule has 0 radical (unpaired) electrons. The highest BCUT2D eigenvalue weighted by Gasteiger charge is 2.14. The highest BCUT2D eigenvalue weighted by molar-refractivity contribution is 5.69. The fourth-order valence-corrected chi connectivity index (χ4v) is 6.36. The molecule has 0 aliphatic heterocycles. The van der Waals surface area contributed by atoms with Gasteiger partial charge in [-0.1, -0.05) is 187 Å². The Morgan fingerprint density at radius 1 is 0.409 bits per heavy atom. The van der Waals surface area contributed by atoms with Gasteiger partial charge in [0.2, 0.25) is 0 Å². The molecule has 0 spiro atoms. The largest absolute Gasteiger partial charge is 0.481 e. The lowest BCUT2D eigenvalue weighted by Crippen LogP contribution is -2.18. The second-order valence-corrected chi connectivity index (χ2v) is 13.8. The number of carboxylic acids is 1. The molecule has 44 heavy (non-hydrogen) atoms. The number of carbonyl (C=O) groups excluding carboxylic acids is 1. The van der Waals surface area contributed by atoms with Gasteiger partial charge in [-0.2, -0.15) is 0 Å². The zero-order chi connectivity index (χ0) is 32.2. The van der Waals surface area contributed by atoms with Crippen LogP contribution in [0, 0.1) is 0 Å². The second-order valence-electron chi connectivity index (χ2n) is 13.8. The number of aliphatic carboxylic acids is 1. The average molecular weight is 623 g/mol. The minimum absolute atomic E-state index is 0.0267. The van der Waals surface area contributed by atoms with Crippen LogP contribution in [0.15, 0.2) is 0 Å². The van der Waals surface area contributed by atoms with E-state index >= 15 is 0 Å². The molecular formula is C40H78O4. The van der Waals surface area contributed by atoms with Crippen molar-refractivity contribution in [3.63, 3.8) is 0 Å². The topological polar surface area (TPSA) is 63.6 Å². The van der Waals surface area contributed by atoms with Gasteiger partial charge in [0.05, 0.1) is 0 Å². The van der Waals surface area contributed by atoms with Gasteiger partial charge < -0.3 is 9.84 Å². The number of ether oxygens (including phenoxy) is 1. The van der Waals surface area contributed by atoms with E-state index in [2.05, 4.69) is 13.8 Å². The Bertz CT molecular complexity index is 590. The molecular weight excluding hydrogens is 544 g/mol. The fraction of sp³-hybridized carbons (Fsp3) is 0.950. The number of carboxylic acid groups (broad SMARTS) is 1. The lowest BCUT2D eigenvalue weighted by molar-refractivity contribution is -0.150. The summed E-state index contributed by atoms with van der Waals surface area (Å²) in [5.41, 5.74) is 0. The molecule has 1 atom stereocenters. The molecule has 0 aliphatic carbocycles. The molecule has 0 aromatic carbocycles. The highest BCUT2D eigenvalue weighted by atomic mass is 16.5. The number of rotatable bonds is 37. The van der Waals surface area contributed by atoms with E-state index in [0.717, 1.165) is 51.4 Å². The summed E-state index contributed by atoms with van der Waals surface area (Å²) < 4.78 is 5.97. The van der Waals surface area contributed by atoms with Crippen LogP contribution in [0.3, 0.4) is 0 Å². The highest BCUT2D eigenvalue weighted by Crippen LogP contribution is 2.19. The van der Waals surface area contributed by atoms with E-state index < -0.39 is 5.97 Å². The minimum Gasteiger partial charge on any atom is -0.481 e. The predicted molar refractivity (Wildman–Crippen MR) is 190 cm³/mol. The fourth-order valence-electron chi connectivity index (χ4n) is 6.36. The molecule has 0 fully saturated rings. The standard InChI is InChI=1S/C40H78O4/c1-3-5-7-9-10-11-12-13-14-15-16-17-18-19-20-21-26-29-33-37-40(43)44-38(34-30-8-6-4-2)35-31-27-24-22-23-25-28-32-36-39(41)42/h38H,3-37H2,1-2H3,(H,41,42). The van der Waals surface area contributed by atoms with E-state index in [1.54, 1.807) is 0 Å². The van der Waals surface area contributed by atoms with Gasteiger partial charge in [0, 0.05) is 12.8 Å². The first-order chi connectivity index (χ1) is 21.6. The Morgan fingerprint density at radius 2 is 0.682 bits per heavy atom. The Balaban J connectivity index is 3.69. The van der Waals surface area contributed by atoms with Crippen LogP contribution in [-0.2, 0) is 14.3 Å². The van der Waals surface area contributed by atoms with Crippen LogP contribution < -0.4 is 0 Å². The molecule has 1 N–H and O–H groups in total. The molecule has 0 amide bonds. The van der Waals surface area contributed by atoms with Gasteiger partial charge >= 0.3 is 11.9 Å². The van der Waals surface area contributed by atoms with Crippen molar-refractivity contribution >= 4 is 11.9 Å². The summed E-state index contributed by atoms with van der Waals surface area (Å²) in [6.45, 7) is 4.53. The third-order valence-electron chi connectivity index (χ3n) is 9.33. The van der Waals surface area contributed by atoms with Crippen LogP contribution >= 0.6 is 0 Å². The van der Waals surface area contributed by atoms with E-state index in [1.165, 1.54) is 161 Å². The van der Waals surface area contributed by atoms with Gasteiger partial charge in [-0.05, 0) is 38.5 Å². The van der Waals surface area contributed by atoms with Gasteiger partial charge in [-0.15, -0.1) is 0 Å². The van der Waals surface area contributed by atoms with Crippen molar-refractivity contribution in [2.75, 3.05) is 0 Å². The zero-order valence-electron chi connectivity index (χ0n) is 30.0. The molecule has 4 nitrogen and oxygen atoms in total. The minimum atomic E-state index is -0.680. The smallest absolute Gasteiger partial charge is 0.306 e. The molecule has 0 rings (SSSR count). The lowest BCUT2D eigenvalue weighted by Gasteiger charge is -2.18. The number of unbranched alkanes of at least 4 members (excludes halogenated alkanes) is 28. The maximum absolute atomic E-state index is 12.6. The second kappa shape index (κ2) is 36.4. The molecule has 0 aromatic heterocycles. The van der Waals surface area contributed by atoms with Gasteiger partial charge in [-0.3, -0.25) is 9.59 Å². The summed E-state index contributed by atoms with van der Waals surface area (Å²) in [6, 6.07) is 0. The van der Waals surface area contributed by atoms with E-state index in [0.29, 0.717) is 12.8 Å². The number of hydrogen-bond acceptors (Lipinski definition) is 3. The molecule has 0 saturated heterocycles. The van der Waals surface area contributed by atoms with Crippen molar-refractivity contribution in [3.8, 4) is 0 Å². The van der Waals surface area contributed by atoms with Crippen molar-refractivity contribution in [2.45, 2.75) is 245 Å². The first-order valence-electron chi connectivity index (χ1n) is 20.0. The van der Waals surface area contributed by atoms with E-state index in [1.807, 2.05) is 0 Å². The zero-order valence-corrected chi connectivity index (χ0v) is 30.0. The Morgan fingerprint density at radius 3 is 1.02 bits per heavy atom. The molecule has 0 aromatic rings. The van der Waals surface area contributed by atoms with Gasteiger partial charge in [0.1, 0.15) is 6.10 Å². The van der Waals surface area contributed by atoms with Crippen LogP contribution in [-0.4, -0.2) is 23.1 Å². The quantitative estimate of drug-likeness (QED) is 0.0553. The molecule has 0 heterocycles. The van der Waals surface area contributed by atoms with Crippen LogP contribution in [0.25, 0.3) is 0 Å². The maximum atomic E-state index is 12.6. The SMILES string of the molecule is CCCCCCCCCCCCCCCCCCCCCC(=O)OC(CCCCCC)CCCCCCCCCCC(=O)O. The maximum Gasteiger partial charge on any atom is 0.306 e. The molecule has 4 heteroatoms. The van der Waals surface area contributed by atoms with E-state index in [-0.39, 0.29) is 12.1 Å². The summed E-state index contributed by atoms with van der Waals surface area (Å²) >= 11 is 0. The normalized spacial score (nSPS) is 12.0. The van der Waals surface area contributed by atoms with Crippen molar-refractivity contribution in [2.24, 2.45) is 0 Å². The van der Waals surface area contributed by atoms with Gasteiger partial charge in [-0.25, -0.2) is 0 Å². The van der Waals surface area contributed by atoms with Crippen LogP contribution in [0.5, 0.6) is 0 Å². The van der Waals surface area contributed by atoms with Crippen LogP contribution in [0.1, 0.15) is 239 Å². The van der Waals surface area contributed by atoms with Crippen LogP contribution in [0.2, 0.25) is 0 Å². The molecule has 0 aliphatic rings. The average Bonchev–Trinajstić information content (AvgIpc) is 3.01. The van der Waals surface area contributed by atoms with Crippen molar-refractivity contribution < 1.29 is 19.4 Å². The molecule has 1 unspecified atom stereocenters. The van der Waals surface area contributed by atoms with Crippen molar-refractivity contribution in [1.29, 1.82) is 0 Å². The summed E-state index contributed by atoms with van der Waals surface area (Å²) in [7, 11) is 0. The Labute approximate surface area is 275 Å².